The van der Waals surface area contributed by atoms with Gasteiger partial charge in [-0.25, -0.2) is 0 Å². The second kappa shape index (κ2) is 8.25. The monoisotopic (exact) mass is 386 g/mol. The van der Waals surface area contributed by atoms with E-state index >= 15 is 0 Å². The molecule has 0 spiro atoms. The maximum absolute atomic E-state index is 10.4. The summed E-state index contributed by atoms with van der Waals surface area (Å²) in [7, 11) is -1.01. The third-order valence-electron chi connectivity index (χ3n) is 5.33. The van der Waals surface area contributed by atoms with Gasteiger partial charge in [-0.15, -0.1) is 0 Å². The summed E-state index contributed by atoms with van der Waals surface area (Å²) in [6.45, 7) is 7.06. The number of aliphatic hydroxyl groups is 1. The fourth-order valence-electron chi connectivity index (χ4n) is 3.96. The van der Waals surface area contributed by atoms with Gasteiger partial charge >= 0.3 is 0 Å². The number of hydrogen-bond donors (Lipinski definition) is 1. The summed E-state index contributed by atoms with van der Waals surface area (Å²) < 4.78 is 17.9. The van der Waals surface area contributed by atoms with Gasteiger partial charge in [0.2, 0.25) is 0 Å². The molecule has 0 aliphatic carbocycles. The van der Waals surface area contributed by atoms with Crippen molar-refractivity contribution in [2.45, 2.75) is 50.7 Å². The van der Waals surface area contributed by atoms with Crippen molar-refractivity contribution in [2.24, 2.45) is 0 Å². The number of ether oxygens (including phenoxy) is 2. The molecular weight excluding hydrogens is 356 g/mol. The normalized spacial score (nSPS) is 23.5. The van der Waals surface area contributed by atoms with Crippen LogP contribution >= 0.6 is 0 Å². The fraction of sp³-hybridized carbons (Fsp3) is 0.455. The Bertz CT molecular complexity index is 675. The van der Waals surface area contributed by atoms with Gasteiger partial charge in [0.1, 0.15) is 6.10 Å². The Morgan fingerprint density at radius 1 is 1.00 bits per heavy atom. The summed E-state index contributed by atoms with van der Waals surface area (Å²) in [6.07, 6.45) is -0.844. The van der Waals surface area contributed by atoms with Crippen LogP contribution < -0.4 is 10.4 Å². The molecule has 2 aromatic rings. The summed E-state index contributed by atoms with van der Waals surface area (Å²) in [5.74, 6) is 0. The molecule has 1 N–H and O–H groups in total. The van der Waals surface area contributed by atoms with Crippen LogP contribution in [0.5, 0.6) is 0 Å². The van der Waals surface area contributed by atoms with Gasteiger partial charge in [0.15, 0.2) is 6.29 Å². The van der Waals surface area contributed by atoms with E-state index < -0.39 is 14.4 Å². The summed E-state index contributed by atoms with van der Waals surface area (Å²) >= 11 is 0. The lowest BCUT2D eigenvalue weighted by Gasteiger charge is -2.43. The molecule has 1 fully saturated rings. The Hall–Kier alpha value is -1.50. The molecule has 3 rings (SSSR count). The predicted molar refractivity (Wildman–Crippen MR) is 110 cm³/mol. The maximum Gasteiger partial charge on any atom is 0.261 e. The van der Waals surface area contributed by atoms with Crippen LogP contribution in [0.4, 0.5) is 0 Å². The summed E-state index contributed by atoms with van der Waals surface area (Å²) in [5, 5.41) is 12.7. The van der Waals surface area contributed by atoms with Crippen LogP contribution in [-0.2, 0) is 13.9 Å². The molecule has 0 amide bonds. The van der Waals surface area contributed by atoms with Gasteiger partial charge in [0.05, 0.1) is 12.7 Å². The highest BCUT2D eigenvalue weighted by Crippen LogP contribution is 2.37. The molecule has 1 saturated heterocycles. The molecule has 4 nitrogen and oxygen atoms in total. The molecule has 0 bridgehead atoms. The van der Waals surface area contributed by atoms with Crippen molar-refractivity contribution >= 4 is 18.7 Å². The van der Waals surface area contributed by atoms with Crippen molar-refractivity contribution < 1.29 is 19.0 Å². The minimum atomic E-state index is -2.61. The number of methoxy groups -OCH3 is 1. The lowest BCUT2D eigenvalue weighted by Crippen LogP contribution is -2.67. The molecule has 1 heterocycles. The van der Waals surface area contributed by atoms with E-state index in [1.165, 1.54) is 10.4 Å². The zero-order valence-corrected chi connectivity index (χ0v) is 17.6. The minimum absolute atomic E-state index is 0.0973. The van der Waals surface area contributed by atoms with Crippen LogP contribution in [0, 0.1) is 0 Å². The molecule has 3 atom stereocenters. The third-order valence-corrected chi connectivity index (χ3v) is 10.3. The van der Waals surface area contributed by atoms with E-state index in [9.17, 15) is 5.11 Å². The lowest BCUT2D eigenvalue weighted by atomic mass is 10.2. The molecule has 1 aliphatic rings. The van der Waals surface area contributed by atoms with Gasteiger partial charge in [-0.05, 0) is 15.4 Å². The molecule has 0 saturated carbocycles. The first-order valence-electron chi connectivity index (χ1n) is 9.50. The van der Waals surface area contributed by atoms with E-state index in [1.54, 1.807) is 7.11 Å². The van der Waals surface area contributed by atoms with Gasteiger partial charge in [-0.1, -0.05) is 81.4 Å². The van der Waals surface area contributed by atoms with E-state index in [2.05, 4.69) is 69.3 Å². The van der Waals surface area contributed by atoms with Gasteiger partial charge in [-0.3, -0.25) is 0 Å². The first-order chi connectivity index (χ1) is 12.9. The standard InChI is InChI=1S/C22H30O4Si/c1-22(2,3)27(17-11-7-5-8-12-17,18-13-9-6-10-14-18)25-16-20-19(23)15-21(24-4)26-20/h5-14,19-21,23H,15-16H2,1-4H3. The molecule has 5 heteroatoms. The molecule has 0 radical (unpaired) electrons. The highest BCUT2D eigenvalue weighted by Gasteiger charge is 2.51. The van der Waals surface area contributed by atoms with E-state index in [1.807, 2.05) is 12.1 Å². The number of rotatable bonds is 6. The van der Waals surface area contributed by atoms with E-state index in [0.29, 0.717) is 13.0 Å². The molecule has 27 heavy (non-hydrogen) atoms. The van der Waals surface area contributed by atoms with Crippen molar-refractivity contribution in [3.05, 3.63) is 60.7 Å². The molecule has 1 aliphatic heterocycles. The van der Waals surface area contributed by atoms with Crippen molar-refractivity contribution in [3.8, 4) is 0 Å². The van der Waals surface area contributed by atoms with Crippen LogP contribution in [0.25, 0.3) is 0 Å². The topological polar surface area (TPSA) is 47.9 Å². The molecule has 146 valence electrons. The maximum atomic E-state index is 10.4. The SMILES string of the molecule is COC1CC(O)C(CO[Si](c2ccccc2)(c2ccccc2)C(C)(C)C)O1. The van der Waals surface area contributed by atoms with Gasteiger partial charge in [0, 0.05) is 13.5 Å². The lowest BCUT2D eigenvalue weighted by molar-refractivity contribution is -0.125. The molecule has 3 unspecified atom stereocenters. The fourth-order valence-corrected chi connectivity index (χ4v) is 8.53. The summed E-state index contributed by atoms with van der Waals surface area (Å²) in [4.78, 5) is 0. The average molecular weight is 387 g/mol. The van der Waals surface area contributed by atoms with E-state index in [4.69, 9.17) is 13.9 Å². The van der Waals surface area contributed by atoms with E-state index in [0.717, 1.165) is 0 Å². The van der Waals surface area contributed by atoms with Crippen molar-refractivity contribution in [1.29, 1.82) is 0 Å². The number of benzene rings is 2. The first kappa shape index (κ1) is 20.2. The number of aliphatic hydroxyl groups excluding tert-OH is 1. The Morgan fingerprint density at radius 3 is 1.93 bits per heavy atom. The first-order valence-corrected chi connectivity index (χ1v) is 11.4. The smallest absolute Gasteiger partial charge is 0.261 e. The van der Waals surface area contributed by atoms with Crippen LogP contribution in [0.15, 0.2) is 60.7 Å². The average Bonchev–Trinajstić information content (AvgIpc) is 3.03. The number of hydrogen-bond acceptors (Lipinski definition) is 4. The highest BCUT2D eigenvalue weighted by atomic mass is 28.4. The van der Waals surface area contributed by atoms with Gasteiger partial charge < -0.3 is 19.0 Å². The Kier molecular flexibility index (Phi) is 6.18. The second-order valence-electron chi connectivity index (χ2n) is 8.12. The molecule has 2 aromatic carbocycles. The Balaban J connectivity index is 2.00. The van der Waals surface area contributed by atoms with Crippen LogP contribution in [-0.4, -0.2) is 45.6 Å². The van der Waals surface area contributed by atoms with Gasteiger partial charge in [-0.2, -0.15) is 0 Å². The minimum Gasteiger partial charge on any atom is -0.405 e. The molecular formula is C22H30O4Si. The van der Waals surface area contributed by atoms with Crippen LogP contribution in [0.1, 0.15) is 27.2 Å². The van der Waals surface area contributed by atoms with Gasteiger partial charge in [0.25, 0.3) is 8.32 Å². The van der Waals surface area contributed by atoms with Crippen molar-refractivity contribution in [2.75, 3.05) is 13.7 Å². The zero-order chi connectivity index (χ0) is 19.5. The predicted octanol–water partition coefficient (Wildman–Crippen LogP) is 2.69. The summed E-state index contributed by atoms with van der Waals surface area (Å²) in [6, 6.07) is 21.0. The van der Waals surface area contributed by atoms with Crippen molar-refractivity contribution in [1.82, 2.24) is 0 Å². The third kappa shape index (κ3) is 4.03. The largest absolute Gasteiger partial charge is 0.405 e. The Morgan fingerprint density at radius 2 is 1.52 bits per heavy atom. The zero-order valence-electron chi connectivity index (χ0n) is 16.6. The van der Waals surface area contributed by atoms with E-state index in [-0.39, 0.29) is 17.4 Å². The Labute approximate surface area is 163 Å². The summed E-state index contributed by atoms with van der Waals surface area (Å²) in [5.41, 5.74) is 0. The molecule has 0 aromatic heterocycles. The van der Waals surface area contributed by atoms with Crippen LogP contribution in [0.2, 0.25) is 5.04 Å². The van der Waals surface area contributed by atoms with Crippen molar-refractivity contribution in [3.63, 3.8) is 0 Å². The second-order valence-corrected chi connectivity index (χ2v) is 12.4. The van der Waals surface area contributed by atoms with Crippen LogP contribution in [0.3, 0.4) is 0 Å². The quantitative estimate of drug-likeness (QED) is 0.776. The highest BCUT2D eigenvalue weighted by molar-refractivity contribution is 6.99.